The number of carbonyl (C=O) groups is 1. The highest BCUT2D eigenvalue weighted by molar-refractivity contribution is 5.94. The molecule has 0 fully saturated rings. The quantitative estimate of drug-likeness (QED) is 0.909. The minimum Gasteiger partial charge on any atom is -0.507 e. The fourth-order valence-electron chi connectivity index (χ4n) is 2.91. The lowest BCUT2D eigenvalue weighted by Crippen LogP contribution is -2.09. The van der Waals surface area contributed by atoms with Crippen molar-refractivity contribution < 1.29 is 24.5 Å². The first-order valence-corrected chi connectivity index (χ1v) is 6.92. The van der Waals surface area contributed by atoms with Crippen molar-refractivity contribution in [3.63, 3.8) is 0 Å². The van der Waals surface area contributed by atoms with Crippen LogP contribution in [0.4, 0.5) is 0 Å². The van der Waals surface area contributed by atoms with Gasteiger partial charge in [-0.05, 0) is 29.8 Å². The highest BCUT2D eigenvalue weighted by Gasteiger charge is 2.37. The standard InChI is InChI=1S/C17H16O5/c1-9-14-13(8-7-12(18)15(14)17(19)20)22-16(9)10-3-5-11(21-2)6-4-10/h3-9,16,18H,1-2H3,(H,19,20). The molecule has 2 aromatic rings. The number of hydrogen-bond acceptors (Lipinski definition) is 4. The number of methoxy groups -OCH3 is 1. The van der Waals surface area contributed by atoms with Crippen molar-refractivity contribution in [3.8, 4) is 17.2 Å². The zero-order valence-corrected chi connectivity index (χ0v) is 12.2. The maximum atomic E-state index is 11.4. The molecule has 1 aliphatic rings. The fraction of sp³-hybridized carbons (Fsp3) is 0.235. The van der Waals surface area contributed by atoms with Gasteiger partial charge in [0.05, 0.1) is 7.11 Å². The molecule has 3 rings (SSSR count). The molecule has 2 N–H and O–H groups in total. The largest absolute Gasteiger partial charge is 0.507 e. The Labute approximate surface area is 127 Å². The lowest BCUT2D eigenvalue weighted by atomic mass is 9.89. The first-order valence-electron chi connectivity index (χ1n) is 6.92. The predicted molar refractivity (Wildman–Crippen MR) is 79.8 cm³/mol. The summed E-state index contributed by atoms with van der Waals surface area (Å²) in [7, 11) is 1.60. The van der Waals surface area contributed by atoms with Crippen molar-refractivity contribution in [2.75, 3.05) is 7.11 Å². The van der Waals surface area contributed by atoms with E-state index in [1.54, 1.807) is 13.2 Å². The van der Waals surface area contributed by atoms with Gasteiger partial charge < -0.3 is 19.7 Å². The maximum Gasteiger partial charge on any atom is 0.339 e. The molecular weight excluding hydrogens is 284 g/mol. The van der Waals surface area contributed by atoms with E-state index in [0.717, 1.165) is 11.3 Å². The van der Waals surface area contributed by atoms with Gasteiger partial charge in [-0.1, -0.05) is 19.1 Å². The fourth-order valence-corrected chi connectivity index (χ4v) is 2.91. The second-order valence-electron chi connectivity index (χ2n) is 5.28. The van der Waals surface area contributed by atoms with Crippen LogP contribution in [0.2, 0.25) is 0 Å². The lowest BCUT2D eigenvalue weighted by Gasteiger charge is -2.16. The molecule has 0 amide bonds. The summed E-state index contributed by atoms with van der Waals surface area (Å²) in [6.45, 7) is 1.90. The van der Waals surface area contributed by atoms with E-state index in [2.05, 4.69) is 0 Å². The zero-order valence-electron chi connectivity index (χ0n) is 12.2. The summed E-state index contributed by atoms with van der Waals surface area (Å²) < 4.78 is 11.0. The molecule has 5 heteroatoms. The molecule has 5 nitrogen and oxygen atoms in total. The Morgan fingerprint density at radius 2 is 1.86 bits per heavy atom. The molecule has 22 heavy (non-hydrogen) atoms. The van der Waals surface area contributed by atoms with Crippen molar-refractivity contribution in [1.82, 2.24) is 0 Å². The second kappa shape index (κ2) is 5.26. The van der Waals surface area contributed by atoms with Crippen LogP contribution >= 0.6 is 0 Å². The number of carboxylic acids is 1. The highest BCUT2D eigenvalue weighted by Crippen LogP contribution is 2.49. The Bertz CT molecular complexity index is 721. The Morgan fingerprint density at radius 3 is 2.45 bits per heavy atom. The highest BCUT2D eigenvalue weighted by atomic mass is 16.5. The third kappa shape index (κ3) is 2.15. The van der Waals surface area contributed by atoms with Crippen LogP contribution in [0, 0.1) is 0 Å². The van der Waals surface area contributed by atoms with Crippen LogP contribution in [-0.4, -0.2) is 23.3 Å². The first-order chi connectivity index (χ1) is 10.5. The molecule has 0 aromatic heterocycles. The summed E-state index contributed by atoms with van der Waals surface area (Å²) in [6.07, 6.45) is -0.291. The van der Waals surface area contributed by atoms with E-state index < -0.39 is 5.97 Å². The Morgan fingerprint density at radius 1 is 1.18 bits per heavy atom. The molecule has 0 saturated heterocycles. The molecule has 114 valence electrons. The SMILES string of the molecule is COc1ccc(C2Oc3ccc(O)c(C(=O)O)c3C2C)cc1. The Hall–Kier alpha value is -2.69. The van der Waals surface area contributed by atoms with Gasteiger partial charge in [-0.3, -0.25) is 0 Å². The molecule has 0 saturated carbocycles. The molecule has 0 spiro atoms. The minimum absolute atomic E-state index is 0.0824. The third-order valence-electron chi connectivity index (χ3n) is 4.01. The van der Waals surface area contributed by atoms with Gasteiger partial charge in [-0.15, -0.1) is 0 Å². The van der Waals surface area contributed by atoms with Crippen LogP contribution in [0.3, 0.4) is 0 Å². The summed E-state index contributed by atoms with van der Waals surface area (Å²) in [5.74, 6) is -0.321. The van der Waals surface area contributed by atoms with Gasteiger partial charge in [0.1, 0.15) is 28.9 Å². The monoisotopic (exact) mass is 300 g/mol. The number of ether oxygens (including phenoxy) is 2. The number of rotatable bonds is 3. The Balaban J connectivity index is 2.02. The lowest BCUT2D eigenvalue weighted by molar-refractivity contribution is 0.0692. The maximum absolute atomic E-state index is 11.4. The normalized spacial score (nSPS) is 19.4. The van der Waals surface area contributed by atoms with E-state index >= 15 is 0 Å². The van der Waals surface area contributed by atoms with E-state index in [4.69, 9.17) is 9.47 Å². The van der Waals surface area contributed by atoms with Gasteiger partial charge in [0, 0.05) is 11.5 Å². The molecule has 0 aliphatic carbocycles. The molecular formula is C17H16O5. The van der Waals surface area contributed by atoms with Crippen LogP contribution in [0.15, 0.2) is 36.4 Å². The van der Waals surface area contributed by atoms with E-state index in [9.17, 15) is 15.0 Å². The van der Waals surface area contributed by atoms with Gasteiger partial charge >= 0.3 is 5.97 Å². The van der Waals surface area contributed by atoms with Gasteiger partial charge in [-0.2, -0.15) is 0 Å². The van der Waals surface area contributed by atoms with E-state index in [0.29, 0.717) is 11.3 Å². The number of hydrogen-bond donors (Lipinski definition) is 2. The van der Waals surface area contributed by atoms with Crippen LogP contribution in [0.25, 0.3) is 0 Å². The van der Waals surface area contributed by atoms with Gasteiger partial charge in [0.2, 0.25) is 0 Å². The van der Waals surface area contributed by atoms with Gasteiger partial charge in [0.25, 0.3) is 0 Å². The zero-order chi connectivity index (χ0) is 15.9. The summed E-state index contributed by atoms with van der Waals surface area (Å²) in [5, 5.41) is 19.2. The van der Waals surface area contributed by atoms with Gasteiger partial charge in [0.15, 0.2) is 0 Å². The number of aromatic hydroxyl groups is 1. The van der Waals surface area contributed by atoms with E-state index in [1.165, 1.54) is 6.07 Å². The molecule has 1 aliphatic heterocycles. The summed E-state index contributed by atoms with van der Waals surface area (Å²) in [5.41, 5.74) is 1.38. The summed E-state index contributed by atoms with van der Waals surface area (Å²) in [4.78, 5) is 11.4. The van der Waals surface area contributed by atoms with E-state index in [-0.39, 0.29) is 23.3 Å². The number of carboxylic acid groups (broad SMARTS) is 1. The van der Waals surface area contributed by atoms with Gasteiger partial charge in [-0.25, -0.2) is 4.79 Å². The number of fused-ring (bicyclic) bond motifs is 1. The average molecular weight is 300 g/mol. The predicted octanol–water partition coefficient (Wildman–Crippen LogP) is 3.34. The molecule has 0 radical (unpaired) electrons. The van der Waals surface area contributed by atoms with Crippen LogP contribution in [0.5, 0.6) is 17.2 Å². The molecule has 2 unspecified atom stereocenters. The van der Waals surface area contributed by atoms with Crippen molar-refractivity contribution >= 4 is 5.97 Å². The molecule has 2 atom stereocenters. The summed E-state index contributed by atoms with van der Waals surface area (Å²) >= 11 is 0. The topological polar surface area (TPSA) is 76.0 Å². The smallest absolute Gasteiger partial charge is 0.339 e. The van der Waals surface area contributed by atoms with Crippen LogP contribution in [0.1, 0.15) is 40.4 Å². The van der Waals surface area contributed by atoms with Crippen LogP contribution in [-0.2, 0) is 0 Å². The number of aromatic carboxylic acids is 1. The molecule has 2 aromatic carbocycles. The second-order valence-corrected chi connectivity index (χ2v) is 5.28. The number of phenols is 1. The van der Waals surface area contributed by atoms with Crippen molar-refractivity contribution in [2.24, 2.45) is 0 Å². The Kier molecular flexibility index (Phi) is 3.41. The summed E-state index contributed by atoms with van der Waals surface area (Å²) in [6, 6.07) is 10.4. The first kappa shape index (κ1) is 14.3. The third-order valence-corrected chi connectivity index (χ3v) is 4.01. The van der Waals surface area contributed by atoms with Crippen LogP contribution < -0.4 is 9.47 Å². The molecule has 0 bridgehead atoms. The minimum atomic E-state index is -1.15. The number of benzene rings is 2. The van der Waals surface area contributed by atoms with Crippen molar-refractivity contribution in [1.29, 1.82) is 0 Å². The molecule has 1 heterocycles. The van der Waals surface area contributed by atoms with E-state index in [1.807, 2.05) is 31.2 Å². The average Bonchev–Trinajstić information content (AvgIpc) is 2.84. The van der Waals surface area contributed by atoms with Crippen molar-refractivity contribution in [3.05, 3.63) is 53.1 Å². The van der Waals surface area contributed by atoms with Crippen molar-refractivity contribution in [2.45, 2.75) is 18.9 Å².